The quantitative estimate of drug-likeness (QED) is 0.526. The normalized spacial score (nSPS) is 14.0. The van der Waals surface area contributed by atoms with Gasteiger partial charge in [0.25, 0.3) is 5.69 Å². The molecule has 29 heavy (non-hydrogen) atoms. The fraction of sp³-hybridized carbons (Fsp3) is 0.238. The largest absolute Gasteiger partial charge is 0.392 e. The first-order chi connectivity index (χ1) is 14.1. The standard InChI is InChI=1S/C21H20N4O4/c26-14-15-3-1-4-16(11-15)19-13-20(24-7-9-29-10-8-24)23-21(22-19)17-5-2-6-18(12-17)25(27)28/h1-6,11-13,26H,7-10,14H2. The monoisotopic (exact) mass is 392 g/mol. The predicted molar refractivity (Wildman–Crippen MR) is 109 cm³/mol. The molecular weight excluding hydrogens is 372 g/mol. The first-order valence-electron chi connectivity index (χ1n) is 9.31. The van der Waals surface area contributed by atoms with Crippen molar-refractivity contribution in [3.05, 3.63) is 70.3 Å². The van der Waals surface area contributed by atoms with Crippen LogP contribution in [0.4, 0.5) is 11.5 Å². The lowest BCUT2D eigenvalue weighted by Crippen LogP contribution is -2.36. The third kappa shape index (κ3) is 4.23. The van der Waals surface area contributed by atoms with Gasteiger partial charge in [0.15, 0.2) is 5.82 Å². The molecule has 0 radical (unpaired) electrons. The van der Waals surface area contributed by atoms with Gasteiger partial charge in [-0.05, 0) is 11.6 Å². The number of aliphatic hydroxyl groups is 1. The molecule has 0 aliphatic carbocycles. The van der Waals surface area contributed by atoms with Gasteiger partial charge < -0.3 is 14.7 Å². The summed E-state index contributed by atoms with van der Waals surface area (Å²) in [5.74, 6) is 1.16. The van der Waals surface area contributed by atoms with Crippen LogP contribution < -0.4 is 4.90 Å². The predicted octanol–water partition coefficient (Wildman–Crippen LogP) is 3.05. The second-order valence-electron chi connectivity index (χ2n) is 6.70. The van der Waals surface area contributed by atoms with Gasteiger partial charge in [-0.1, -0.05) is 30.3 Å². The van der Waals surface area contributed by atoms with Crippen molar-refractivity contribution in [3.63, 3.8) is 0 Å². The summed E-state index contributed by atoms with van der Waals surface area (Å²) in [6.45, 7) is 2.59. The van der Waals surface area contributed by atoms with Crippen LogP contribution in [0.3, 0.4) is 0 Å². The van der Waals surface area contributed by atoms with E-state index in [2.05, 4.69) is 14.9 Å². The highest BCUT2D eigenvalue weighted by Gasteiger charge is 2.17. The number of anilines is 1. The summed E-state index contributed by atoms with van der Waals surface area (Å²) in [6.07, 6.45) is 0. The van der Waals surface area contributed by atoms with Gasteiger partial charge in [0.1, 0.15) is 5.82 Å². The lowest BCUT2D eigenvalue weighted by molar-refractivity contribution is -0.384. The summed E-state index contributed by atoms with van der Waals surface area (Å²) >= 11 is 0. The molecule has 2 heterocycles. The van der Waals surface area contributed by atoms with E-state index in [0.717, 1.165) is 16.9 Å². The Hall–Kier alpha value is -3.36. The van der Waals surface area contributed by atoms with Gasteiger partial charge in [-0.15, -0.1) is 0 Å². The van der Waals surface area contributed by atoms with E-state index in [0.29, 0.717) is 43.4 Å². The van der Waals surface area contributed by atoms with Crippen LogP contribution in [-0.2, 0) is 11.3 Å². The maximum Gasteiger partial charge on any atom is 0.270 e. The molecule has 2 aromatic carbocycles. The summed E-state index contributed by atoms with van der Waals surface area (Å²) in [5, 5.41) is 20.6. The Labute approximate surface area is 167 Å². The van der Waals surface area contributed by atoms with Gasteiger partial charge in [-0.3, -0.25) is 10.1 Å². The van der Waals surface area contributed by atoms with Crippen molar-refractivity contribution in [2.45, 2.75) is 6.61 Å². The van der Waals surface area contributed by atoms with Crippen molar-refractivity contribution in [1.29, 1.82) is 0 Å². The van der Waals surface area contributed by atoms with E-state index in [4.69, 9.17) is 4.74 Å². The zero-order chi connectivity index (χ0) is 20.2. The van der Waals surface area contributed by atoms with Gasteiger partial charge in [0, 0.05) is 42.4 Å². The van der Waals surface area contributed by atoms with Crippen molar-refractivity contribution in [3.8, 4) is 22.6 Å². The first-order valence-corrected chi connectivity index (χ1v) is 9.31. The van der Waals surface area contributed by atoms with Crippen molar-refractivity contribution >= 4 is 11.5 Å². The molecular formula is C21H20N4O4. The molecule has 8 nitrogen and oxygen atoms in total. The van der Waals surface area contributed by atoms with E-state index in [1.165, 1.54) is 12.1 Å². The number of aliphatic hydroxyl groups excluding tert-OH is 1. The minimum absolute atomic E-state index is 0.00768. The average Bonchev–Trinajstić information content (AvgIpc) is 2.79. The van der Waals surface area contributed by atoms with Crippen molar-refractivity contribution in [2.75, 3.05) is 31.2 Å². The topological polar surface area (TPSA) is 102 Å². The lowest BCUT2D eigenvalue weighted by Gasteiger charge is -2.28. The Morgan fingerprint density at radius 2 is 1.79 bits per heavy atom. The number of nitro benzene ring substituents is 1. The summed E-state index contributed by atoms with van der Waals surface area (Å²) in [5.41, 5.74) is 2.89. The minimum Gasteiger partial charge on any atom is -0.392 e. The number of hydrogen-bond acceptors (Lipinski definition) is 7. The van der Waals surface area contributed by atoms with Gasteiger partial charge >= 0.3 is 0 Å². The molecule has 0 amide bonds. The zero-order valence-electron chi connectivity index (χ0n) is 15.7. The average molecular weight is 392 g/mol. The highest BCUT2D eigenvalue weighted by molar-refractivity contribution is 5.69. The Kier molecular flexibility index (Phi) is 5.46. The smallest absolute Gasteiger partial charge is 0.270 e. The van der Waals surface area contributed by atoms with Gasteiger partial charge in [-0.2, -0.15) is 0 Å². The molecule has 148 valence electrons. The van der Waals surface area contributed by atoms with Crippen LogP contribution in [0.2, 0.25) is 0 Å². The maximum absolute atomic E-state index is 11.2. The molecule has 0 saturated carbocycles. The number of nitrogens with zero attached hydrogens (tertiary/aromatic N) is 4. The van der Waals surface area contributed by atoms with E-state index in [9.17, 15) is 15.2 Å². The first kappa shape index (κ1) is 19.0. The summed E-state index contributed by atoms with van der Waals surface area (Å²) in [4.78, 5) is 22.2. The Balaban J connectivity index is 1.83. The molecule has 0 bridgehead atoms. The van der Waals surface area contributed by atoms with E-state index < -0.39 is 4.92 Å². The Morgan fingerprint density at radius 1 is 1.03 bits per heavy atom. The second kappa shape index (κ2) is 8.34. The fourth-order valence-electron chi connectivity index (χ4n) is 3.25. The molecule has 4 rings (SSSR count). The third-order valence-corrected chi connectivity index (χ3v) is 4.77. The van der Waals surface area contributed by atoms with Gasteiger partial charge in [-0.25, -0.2) is 9.97 Å². The number of ether oxygens (including phenoxy) is 1. The van der Waals surface area contributed by atoms with Crippen molar-refractivity contribution < 1.29 is 14.8 Å². The van der Waals surface area contributed by atoms with E-state index >= 15 is 0 Å². The molecule has 1 aliphatic heterocycles. The highest BCUT2D eigenvalue weighted by atomic mass is 16.6. The van der Waals surface area contributed by atoms with Crippen LogP contribution in [0, 0.1) is 10.1 Å². The number of nitro groups is 1. The van der Waals surface area contributed by atoms with Gasteiger partial charge in [0.2, 0.25) is 0 Å². The van der Waals surface area contributed by atoms with Crippen molar-refractivity contribution in [2.24, 2.45) is 0 Å². The van der Waals surface area contributed by atoms with Crippen LogP contribution >= 0.6 is 0 Å². The third-order valence-electron chi connectivity index (χ3n) is 4.77. The number of hydrogen-bond donors (Lipinski definition) is 1. The number of rotatable bonds is 5. The van der Waals surface area contributed by atoms with Gasteiger partial charge in [0.05, 0.1) is 30.4 Å². The molecule has 1 fully saturated rings. The molecule has 0 atom stereocenters. The van der Waals surface area contributed by atoms with Crippen LogP contribution in [0.25, 0.3) is 22.6 Å². The SMILES string of the molecule is O=[N+]([O-])c1cccc(-c2nc(-c3cccc(CO)c3)cc(N3CCOCC3)n2)c1. The molecule has 0 unspecified atom stereocenters. The second-order valence-corrected chi connectivity index (χ2v) is 6.70. The van der Waals surface area contributed by atoms with Crippen LogP contribution in [0.1, 0.15) is 5.56 Å². The minimum atomic E-state index is -0.430. The van der Waals surface area contributed by atoms with E-state index in [-0.39, 0.29) is 12.3 Å². The van der Waals surface area contributed by atoms with Crippen LogP contribution in [0.15, 0.2) is 54.6 Å². The van der Waals surface area contributed by atoms with E-state index in [1.54, 1.807) is 12.1 Å². The molecule has 0 spiro atoms. The highest BCUT2D eigenvalue weighted by Crippen LogP contribution is 2.28. The Morgan fingerprint density at radius 3 is 2.55 bits per heavy atom. The van der Waals surface area contributed by atoms with E-state index in [1.807, 2.05) is 30.3 Å². The van der Waals surface area contributed by atoms with Crippen LogP contribution in [-0.4, -0.2) is 46.3 Å². The van der Waals surface area contributed by atoms with Crippen LogP contribution in [0.5, 0.6) is 0 Å². The molecule has 3 aromatic rings. The molecule has 1 N–H and O–H groups in total. The number of non-ortho nitro benzene ring substituents is 1. The maximum atomic E-state index is 11.2. The van der Waals surface area contributed by atoms with Crippen molar-refractivity contribution in [1.82, 2.24) is 9.97 Å². The number of benzene rings is 2. The fourth-order valence-corrected chi connectivity index (χ4v) is 3.25. The Bertz CT molecular complexity index is 1030. The molecule has 1 aromatic heterocycles. The summed E-state index contributed by atoms with van der Waals surface area (Å²) in [7, 11) is 0. The molecule has 1 aliphatic rings. The number of aromatic nitrogens is 2. The summed E-state index contributed by atoms with van der Waals surface area (Å²) < 4.78 is 5.44. The summed E-state index contributed by atoms with van der Waals surface area (Å²) in [6, 6.07) is 15.7. The molecule has 8 heteroatoms. The lowest BCUT2D eigenvalue weighted by atomic mass is 10.1. The number of morpholine rings is 1. The zero-order valence-corrected chi connectivity index (χ0v) is 15.7. The molecule has 1 saturated heterocycles.